The fourth-order valence-corrected chi connectivity index (χ4v) is 2.29. The van der Waals surface area contributed by atoms with Crippen LogP contribution in [0.5, 0.6) is 0 Å². The predicted molar refractivity (Wildman–Crippen MR) is 59.0 cm³/mol. The average molecular weight is 229 g/mol. The molecule has 0 amide bonds. The van der Waals surface area contributed by atoms with Gasteiger partial charge in [0, 0.05) is 5.41 Å². The molecule has 1 aromatic heterocycles. The lowest BCUT2D eigenvalue weighted by molar-refractivity contribution is 0.287. The molecule has 1 unspecified atom stereocenters. The Morgan fingerprint density at radius 1 is 1.33 bits per heavy atom. The molecule has 15 heavy (non-hydrogen) atoms. The van der Waals surface area contributed by atoms with E-state index in [9.17, 15) is 0 Å². The van der Waals surface area contributed by atoms with Gasteiger partial charge in [-0.3, -0.25) is 0 Å². The van der Waals surface area contributed by atoms with Crippen molar-refractivity contribution in [2.45, 2.75) is 56.7 Å². The maximum absolute atomic E-state index is 5.90. The molecule has 2 rings (SSSR count). The van der Waals surface area contributed by atoms with Crippen LogP contribution in [0.25, 0.3) is 0 Å². The van der Waals surface area contributed by atoms with Crippen LogP contribution in [0.4, 0.5) is 0 Å². The molecule has 3 nitrogen and oxygen atoms in total. The summed E-state index contributed by atoms with van der Waals surface area (Å²) in [6.45, 7) is 4.07. The summed E-state index contributed by atoms with van der Waals surface area (Å²) in [4.78, 5) is 4.40. The highest BCUT2D eigenvalue weighted by Crippen LogP contribution is 2.37. The minimum absolute atomic E-state index is 0.103. The summed E-state index contributed by atoms with van der Waals surface area (Å²) in [7, 11) is 0. The van der Waals surface area contributed by atoms with Gasteiger partial charge in [-0.15, -0.1) is 11.6 Å². The monoisotopic (exact) mass is 228 g/mol. The minimum Gasteiger partial charge on any atom is -0.338 e. The van der Waals surface area contributed by atoms with E-state index in [1.807, 2.05) is 6.92 Å². The van der Waals surface area contributed by atoms with Crippen molar-refractivity contribution in [1.82, 2.24) is 10.1 Å². The highest BCUT2D eigenvalue weighted by atomic mass is 35.5. The molecular weight excluding hydrogens is 212 g/mol. The van der Waals surface area contributed by atoms with Crippen molar-refractivity contribution in [3.63, 3.8) is 0 Å². The van der Waals surface area contributed by atoms with E-state index in [1.54, 1.807) is 0 Å². The second-order valence-corrected chi connectivity index (χ2v) is 5.35. The van der Waals surface area contributed by atoms with E-state index in [1.165, 1.54) is 19.3 Å². The Morgan fingerprint density at radius 2 is 2.00 bits per heavy atom. The van der Waals surface area contributed by atoms with E-state index in [-0.39, 0.29) is 10.8 Å². The Hall–Kier alpha value is -0.570. The van der Waals surface area contributed by atoms with Crippen LogP contribution in [0.1, 0.15) is 63.0 Å². The standard InChI is InChI=1S/C11H17ClN2O/c1-8(12)9-13-10(14-15-9)11(2)6-4-3-5-7-11/h8H,3-7H2,1-2H3. The molecule has 1 heterocycles. The van der Waals surface area contributed by atoms with E-state index in [0.29, 0.717) is 5.89 Å². The number of hydrogen-bond donors (Lipinski definition) is 0. The summed E-state index contributed by atoms with van der Waals surface area (Å²) in [6.07, 6.45) is 6.16. The molecule has 0 aliphatic heterocycles. The van der Waals surface area contributed by atoms with Crippen molar-refractivity contribution < 1.29 is 4.52 Å². The van der Waals surface area contributed by atoms with Crippen LogP contribution < -0.4 is 0 Å². The fourth-order valence-electron chi connectivity index (χ4n) is 2.20. The molecule has 1 aromatic rings. The third-order valence-electron chi connectivity index (χ3n) is 3.28. The zero-order chi connectivity index (χ0) is 10.9. The molecule has 0 bridgehead atoms. The number of nitrogens with zero attached hydrogens (tertiary/aromatic N) is 2. The van der Waals surface area contributed by atoms with Crippen LogP contribution in [-0.4, -0.2) is 10.1 Å². The molecule has 0 aromatic carbocycles. The number of alkyl halides is 1. The van der Waals surface area contributed by atoms with Crippen LogP contribution in [-0.2, 0) is 5.41 Å². The van der Waals surface area contributed by atoms with Gasteiger partial charge in [-0.05, 0) is 19.8 Å². The summed E-state index contributed by atoms with van der Waals surface area (Å²) < 4.78 is 5.15. The van der Waals surface area contributed by atoms with Crippen LogP contribution >= 0.6 is 11.6 Å². The van der Waals surface area contributed by atoms with E-state index >= 15 is 0 Å². The topological polar surface area (TPSA) is 38.9 Å². The van der Waals surface area contributed by atoms with Crippen LogP contribution in [0.2, 0.25) is 0 Å². The summed E-state index contributed by atoms with van der Waals surface area (Å²) in [6, 6.07) is 0. The Kier molecular flexibility index (Phi) is 3.01. The van der Waals surface area contributed by atoms with Crippen molar-refractivity contribution in [1.29, 1.82) is 0 Å². The van der Waals surface area contributed by atoms with Crippen molar-refractivity contribution >= 4 is 11.6 Å². The predicted octanol–water partition coefficient (Wildman–Crippen LogP) is 3.59. The van der Waals surface area contributed by atoms with E-state index < -0.39 is 0 Å². The van der Waals surface area contributed by atoms with Crippen LogP contribution in [0.3, 0.4) is 0 Å². The second kappa shape index (κ2) is 4.12. The number of rotatable bonds is 2. The summed E-state index contributed by atoms with van der Waals surface area (Å²) in [5.41, 5.74) is 0.103. The Balaban J connectivity index is 2.20. The maximum atomic E-state index is 5.90. The second-order valence-electron chi connectivity index (χ2n) is 4.69. The maximum Gasteiger partial charge on any atom is 0.244 e. The normalized spacial score (nSPS) is 22.6. The fraction of sp³-hybridized carbons (Fsp3) is 0.818. The number of halogens is 1. The minimum atomic E-state index is -0.196. The van der Waals surface area contributed by atoms with E-state index in [0.717, 1.165) is 18.7 Å². The molecule has 1 aliphatic rings. The van der Waals surface area contributed by atoms with Crippen molar-refractivity contribution in [2.75, 3.05) is 0 Å². The molecule has 1 aliphatic carbocycles. The summed E-state index contributed by atoms with van der Waals surface area (Å²) >= 11 is 5.90. The third-order valence-corrected chi connectivity index (χ3v) is 3.47. The zero-order valence-electron chi connectivity index (χ0n) is 9.29. The highest BCUT2D eigenvalue weighted by molar-refractivity contribution is 6.20. The summed E-state index contributed by atoms with van der Waals surface area (Å²) in [5, 5.41) is 3.87. The van der Waals surface area contributed by atoms with Gasteiger partial charge in [0.1, 0.15) is 5.38 Å². The SMILES string of the molecule is CC(Cl)c1nc(C2(C)CCCCC2)no1. The van der Waals surface area contributed by atoms with Gasteiger partial charge in [0.25, 0.3) is 0 Å². The molecule has 0 saturated heterocycles. The van der Waals surface area contributed by atoms with Gasteiger partial charge in [0.05, 0.1) is 0 Å². The molecule has 4 heteroatoms. The van der Waals surface area contributed by atoms with Gasteiger partial charge in [0.15, 0.2) is 5.82 Å². The van der Waals surface area contributed by atoms with E-state index in [4.69, 9.17) is 16.1 Å². The first-order chi connectivity index (χ1) is 7.12. The molecule has 1 atom stereocenters. The van der Waals surface area contributed by atoms with Crippen LogP contribution in [0, 0.1) is 0 Å². The average Bonchev–Trinajstić information content (AvgIpc) is 2.68. The smallest absolute Gasteiger partial charge is 0.244 e. The Morgan fingerprint density at radius 3 is 2.53 bits per heavy atom. The molecule has 0 radical (unpaired) electrons. The van der Waals surface area contributed by atoms with Gasteiger partial charge in [-0.2, -0.15) is 4.98 Å². The number of hydrogen-bond acceptors (Lipinski definition) is 3. The molecule has 0 spiro atoms. The number of aromatic nitrogens is 2. The third kappa shape index (κ3) is 2.17. The van der Waals surface area contributed by atoms with Gasteiger partial charge < -0.3 is 4.52 Å². The van der Waals surface area contributed by atoms with Crippen molar-refractivity contribution in [3.05, 3.63) is 11.7 Å². The first kappa shape index (κ1) is 10.9. The Labute approximate surface area is 95.2 Å². The van der Waals surface area contributed by atoms with Crippen molar-refractivity contribution in [3.8, 4) is 0 Å². The first-order valence-electron chi connectivity index (χ1n) is 5.60. The van der Waals surface area contributed by atoms with Gasteiger partial charge in [0.2, 0.25) is 5.89 Å². The lowest BCUT2D eigenvalue weighted by atomic mass is 9.75. The largest absolute Gasteiger partial charge is 0.338 e. The quantitative estimate of drug-likeness (QED) is 0.727. The van der Waals surface area contributed by atoms with Gasteiger partial charge in [-0.1, -0.05) is 31.3 Å². The molecule has 1 fully saturated rings. The van der Waals surface area contributed by atoms with Crippen molar-refractivity contribution in [2.24, 2.45) is 0 Å². The van der Waals surface area contributed by atoms with Crippen LogP contribution in [0.15, 0.2) is 4.52 Å². The zero-order valence-corrected chi connectivity index (χ0v) is 10.0. The Bertz CT molecular complexity index is 329. The first-order valence-corrected chi connectivity index (χ1v) is 6.04. The summed E-state index contributed by atoms with van der Waals surface area (Å²) in [5.74, 6) is 1.38. The van der Waals surface area contributed by atoms with E-state index in [2.05, 4.69) is 17.1 Å². The lowest BCUT2D eigenvalue weighted by Gasteiger charge is -2.29. The lowest BCUT2D eigenvalue weighted by Crippen LogP contribution is -2.26. The molecule has 1 saturated carbocycles. The van der Waals surface area contributed by atoms with Gasteiger partial charge in [-0.25, -0.2) is 0 Å². The molecular formula is C11H17ClN2O. The van der Waals surface area contributed by atoms with Gasteiger partial charge >= 0.3 is 0 Å². The molecule has 0 N–H and O–H groups in total. The molecule has 84 valence electrons. The highest BCUT2D eigenvalue weighted by Gasteiger charge is 2.33.